The highest BCUT2D eigenvalue weighted by atomic mass is 35.5. The van der Waals surface area contributed by atoms with Crippen molar-refractivity contribution in [3.63, 3.8) is 0 Å². The lowest BCUT2D eigenvalue weighted by Crippen LogP contribution is -2.58. The molecule has 1 heterocycles. The molecule has 19 heavy (non-hydrogen) atoms. The first-order chi connectivity index (χ1) is 9.22. The number of halogens is 1. The van der Waals surface area contributed by atoms with Crippen molar-refractivity contribution in [1.29, 1.82) is 0 Å². The molecule has 0 amide bonds. The zero-order chi connectivity index (χ0) is 12.9. The molecule has 4 aliphatic carbocycles. The van der Waals surface area contributed by atoms with Gasteiger partial charge in [0.05, 0.1) is 5.02 Å². The van der Waals surface area contributed by atoms with E-state index in [9.17, 15) is 0 Å². The van der Waals surface area contributed by atoms with Gasteiger partial charge in [0.15, 0.2) is 0 Å². The van der Waals surface area contributed by atoms with Gasteiger partial charge < -0.3 is 5.32 Å². The van der Waals surface area contributed by atoms with Gasteiger partial charge in [-0.2, -0.15) is 0 Å². The van der Waals surface area contributed by atoms with Gasteiger partial charge in [-0.05, 0) is 67.9 Å². The van der Waals surface area contributed by atoms with Gasteiger partial charge in [-0.15, -0.1) is 0 Å². The van der Waals surface area contributed by atoms with Gasteiger partial charge in [0.1, 0.15) is 0 Å². The molecule has 0 radical (unpaired) electrons. The molecular formula is C16H21ClN2. The van der Waals surface area contributed by atoms with Crippen molar-refractivity contribution in [3.05, 3.63) is 29.0 Å². The van der Waals surface area contributed by atoms with Crippen molar-refractivity contribution < 1.29 is 0 Å². The maximum absolute atomic E-state index is 6.21. The van der Waals surface area contributed by atoms with Crippen LogP contribution in [0.25, 0.3) is 0 Å². The lowest BCUT2D eigenvalue weighted by atomic mass is 9.53. The highest BCUT2D eigenvalue weighted by Gasteiger charge is 2.50. The van der Waals surface area contributed by atoms with Crippen molar-refractivity contribution >= 4 is 11.6 Å². The summed E-state index contributed by atoms with van der Waals surface area (Å²) in [6, 6.07) is 2.04. The fraction of sp³-hybridized carbons (Fsp3) is 0.688. The van der Waals surface area contributed by atoms with Gasteiger partial charge in [0, 0.05) is 24.5 Å². The lowest BCUT2D eigenvalue weighted by Gasteiger charge is -2.57. The molecule has 0 aliphatic heterocycles. The number of hydrogen-bond donors (Lipinski definition) is 1. The van der Waals surface area contributed by atoms with Crippen LogP contribution in [0.1, 0.15) is 44.1 Å². The molecule has 1 aromatic heterocycles. The zero-order valence-corrected chi connectivity index (χ0v) is 12.0. The van der Waals surface area contributed by atoms with Crippen molar-refractivity contribution in [1.82, 2.24) is 10.3 Å². The molecule has 4 bridgehead atoms. The Balaban J connectivity index is 1.49. The second kappa shape index (κ2) is 4.46. The highest BCUT2D eigenvalue weighted by Crippen LogP contribution is 2.55. The molecule has 0 spiro atoms. The standard InChI is InChI=1S/C16H21ClN2/c17-15-10-18-2-1-14(15)9-19-16-6-11-3-12(7-16)5-13(4-11)8-16/h1-2,10-13,19H,3-9H2. The van der Waals surface area contributed by atoms with Gasteiger partial charge in [-0.25, -0.2) is 0 Å². The van der Waals surface area contributed by atoms with Gasteiger partial charge in [0.2, 0.25) is 0 Å². The van der Waals surface area contributed by atoms with Crippen LogP contribution in [0.4, 0.5) is 0 Å². The molecule has 4 fully saturated rings. The SMILES string of the molecule is Clc1cnccc1CNC12CC3CC(CC(C3)C1)C2. The summed E-state index contributed by atoms with van der Waals surface area (Å²) in [5, 5.41) is 4.66. The van der Waals surface area contributed by atoms with E-state index in [2.05, 4.69) is 10.3 Å². The largest absolute Gasteiger partial charge is 0.307 e. The van der Waals surface area contributed by atoms with E-state index < -0.39 is 0 Å². The Bertz CT molecular complexity index is 450. The fourth-order valence-corrected chi connectivity index (χ4v) is 5.34. The summed E-state index contributed by atoms with van der Waals surface area (Å²) in [6.45, 7) is 0.896. The maximum atomic E-state index is 6.21. The van der Waals surface area contributed by atoms with Gasteiger partial charge in [-0.3, -0.25) is 4.98 Å². The lowest BCUT2D eigenvalue weighted by molar-refractivity contribution is -0.0206. The van der Waals surface area contributed by atoms with Gasteiger partial charge in [-0.1, -0.05) is 11.6 Å². The topological polar surface area (TPSA) is 24.9 Å². The first-order valence-corrected chi connectivity index (χ1v) is 7.94. The molecule has 3 heteroatoms. The van der Waals surface area contributed by atoms with E-state index in [4.69, 9.17) is 11.6 Å². The van der Waals surface area contributed by atoms with Crippen LogP contribution in [0, 0.1) is 17.8 Å². The molecule has 102 valence electrons. The minimum absolute atomic E-state index is 0.418. The minimum atomic E-state index is 0.418. The Kier molecular flexibility index (Phi) is 2.85. The van der Waals surface area contributed by atoms with E-state index >= 15 is 0 Å². The summed E-state index contributed by atoms with van der Waals surface area (Å²) in [5.41, 5.74) is 1.61. The smallest absolute Gasteiger partial charge is 0.0634 e. The molecule has 4 aliphatic rings. The van der Waals surface area contributed by atoms with E-state index in [-0.39, 0.29) is 0 Å². The van der Waals surface area contributed by atoms with Crippen molar-refractivity contribution in [2.75, 3.05) is 0 Å². The van der Waals surface area contributed by atoms with Crippen LogP contribution >= 0.6 is 11.6 Å². The zero-order valence-electron chi connectivity index (χ0n) is 11.2. The second-order valence-corrected chi connectivity index (χ2v) is 7.43. The van der Waals surface area contributed by atoms with E-state index in [1.165, 1.54) is 44.1 Å². The Morgan fingerprint density at radius 3 is 2.37 bits per heavy atom. The van der Waals surface area contributed by atoms with Crippen molar-refractivity contribution in [3.8, 4) is 0 Å². The van der Waals surface area contributed by atoms with Crippen molar-refractivity contribution in [2.45, 2.75) is 50.6 Å². The minimum Gasteiger partial charge on any atom is -0.307 e. The van der Waals surface area contributed by atoms with Gasteiger partial charge in [0.25, 0.3) is 0 Å². The number of rotatable bonds is 3. The molecular weight excluding hydrogens is 256 g/mol. The van der Waals surface area contributed by atoms with Crippen molar-refractivity contribution in [2.24, 2.45) is 17.8 Å². The summed E-state index contributed by atoms with van der Waals surface area (Å²) in [5.74, 6) is 2.98. The van der Waals surface area contributed by atoms with Crippen LogP contribution < -0.4 is 5.32 Å². The molecule has 4 saturated carbocycles. The third kappa shape index (κ3) is 2.19. The summed E-state index contributed by atoms with van der Waals surface area (Å²) < 4.78 is 0. The fourth-order valence-electron chi connectivity index (χ4n) is 5.16. The predicted molar refractivity (Wildman–Crippen MR) is 77.0 cm³/mol. The second-order valence-electron chi connectivity index (χ2n) is 7.02. The Hall–Kier alpha value is -0.600. The number of pyridine rings is 1. The average molecular weight is 277 g/mol. The van der Waals surface area contributed by atoms with Crippen LogP contribution in [0.2, 0.25) is 5.02 Å². The molecule has 0 saturated heterocycles. The number of aromatic nitrogens is 1. The first kappa shape index (κ1) is 12.2. The summed E-state index contributed by atoms with van der Waals surface area (Å²) in [6.07, 6.45) is 12.2. The molecule has 1 aromatic rings. The van der Waals surface area contributed by atoms with Crippen LogP contribution in [0.15, 0.2) is 18.5 Å². The Morgan fingerprint density at radius 1 is 1.16 bits per heavy atom. The molecule has 5 rings (SSSR count). The predicted octanol–water partition coefficient (Wildman–Crippen LogP) is 3.79. The van der Waals surface area contributed by atoms with E-state index in [0.29, 0.717) is 5.54 Å². The Labute approximate surface area is 120 Å². The molecule has 0 atom stereocenters. The third-order valence-corrected chi connectivity index (χ3v) is 5.89. The maximum Gasteiger partial charge on any atom is 0.0634 e. The number of nitrogens with one attached hydrogen (secondary N) is 1. The molecule has 0 unspecified atom stereocenters. The summed E-state index contributed by atoms with van der Waals surface area (Å²) in [7, 11) is 0. The van der Waals surface area contributed by atoms with Crippen LogP contribution in [0.3, 0.4) is 0 Å². The van der Waals surface area contributed by atoms with E-state index in [1.54, 1.807) is 6.20 Å². The number of hydrogen-bond acceptors (Lipinski definition) is 2. The Morgan fingerprint density at radius 2 is 1.79 bits per heavy atom. The molecule has 0 aromatic carbocycles. The molecule has 1 N–H and O–H groups in total. The third-order valence-electron chi connectivity index (χ3n) is 5.55. The van der Waals surface area contributed by atoms with Crippen LogP contribution in [0.5, 0.6) is 0 Å². The van der Waals surface area contributed by atoms with E-state index in [0.717, 1.165) is 29.3 Å². The van der Waals surface area contributed by atoms with E-state index in [1.807, 2.05) is 12.3 Å². The normalized spacial score (nSPS) is 39.7. The molecule has 2 nitrogen and oxygen atoms in total. The highest BCUT2D eigenvalue weighted by molar-refractivity contribution is 6.31. The quantitative estimate of drug-likeness (QED) is 0.908. The summed E-state index contributed by atoms with van der Waals surface area (Å²) >= 11 is 6.21. The van der Waals surface area contributed by atoms with Crippen LogP contribution in [-0.2, 0) is 6.54 Å². The first-order valence-electron chi connectivity index (χ1n) is 7.56. The average Bonchev–Trinajstić information content (AvgIpc) is 2.36. The van der Waals surface area contributed by atoms with Gasteiger partial charge >= 0.3 is 0 Å². The van der Waals surface area contributed by atoms with Crippen LogP contribution in [-0.4, -0.2) is 10.5 Å². The number of nitrogens with zero attached hydrogens (tertiary/aromatic N) is 1. The summed E-state index contributed by atoms with van der Waals surface area (Å²) in [4.78, 5) is 4.06. The monoisotopic (exact) mass is 276 g/mol.